The Morgan fingerprint density at radius 2 is 2.12 bits per heavy atom. The summed E-state index contributed by atoms with van der Waals surface area (Å²) >= 11 is 5.84. The van der Waals surface area contributed by atoms with Gasteiger partial charge in [-0.25, -0.2) is 4.98 Å². The molecule has 0 saturated carbocycles. The van der Waals surface area contributed by atoms with E-state index in [0.717, 1.165) is 0 Å². The van der Waals surface area contributed by atoms with Crippen molar-refractivity contribution in [2.45, 2.75) is 6.92 Å². The first-order valence-corrected chi connectivity index (χ1v) is 5.43. The lowest BCUT2D eigenvalue weighted by Gasteiger charge is -2.05. The van der Waals surface area contributed by atoms with Crippen molar-refractivity contribution in [1.82, 2.24) is 4.98 Å². The van der Waals surface area contributed by atoms with Crippen LogP contribution in [0.15, 0.2) is 42.6 Å². The largest absolute Gasteiger partial charge is 0.439 e. The highest BCUT2D eigenvalue weighted by Crippen LogP contribution is 2.23. The van der Waals surface area contributed by atoms with E-state index in [0.29, 0.717) is 22.2 Å². The van der Waals surface area contributed by atoms with E-state index in [-0.39, 0.29) is 5.78 Å². The van der Waals surface area contributed by atoms with Gasteiger partial charge >= 0.3 is 0 Å². The molecule has 0 amide bonds. The molecule has 1 heterocycles. The van der Waals surface area contributed by atoms with Crippen molar-refractivity contribution in [3.05, 3.63) is 53.2 Å². The molecule has 0 aliphatic carbocycles. The van der Waals surface area contributed by atoms with E-state index in [2.05, 4.69) is 4.98 Å². The maximum Gasteiger partial charge on any atom is 0.219 e. The normalized spacial score (nSPS) is 10.0. The van der Waals surface area contributed by atoms with E-state index >= 15 is 0 Å². The smallest absolute Gasteiger partial charge is 0.219 e. The fourth-order valence-corrected chi connectivity index (χ4v) is 1.52. The van der Waals surface area contributed by atoms with E-state index in [1.165, 1.54) is 13.1 Å². The Kier molecular flexibility index (Phi) is 3.40. The molecular weight excluding hydrogens is 238 g/mol. The number of ketones is 1. The van der Waals surface area contributed by atoms with E-state index < -0.39 is 0 Å². The van der Waals surface area contributed by atoms with Crippen molar-refractivity contribution in [1.29, 1.82) is 0 Å². The first-order chi connectivity index (χ1) is 8.15. The first-order valence-electron chi connectivity index (χ1n) is 5.05. The van der Waals surface area contributed by atoms with Crippen LogP contribution >= 0.6 is 11.6 Å². The summed E-state index contributed by atoms with van der Waals surface area (Å²) in [5.74, 6) is 0.939. The van der Waals surface area contributed by atoms with Crippen molar-refractivity contribution in [2.24, 2.45) is 0 Å². The molecule has 1 aromatic carbocycles. The van der Waals surface area contributed by atoms with Crippen LogP contribution in [0, 0.1) is 0 Å². The zero-order chi connectivity index (χ0) is 12.3. The Morgan fingerprint density at radius 1 is 1.29 bits per heavy atom. The molecule has 0 spiro atoms. The molecular formula is C13H10ClNO2. The third-order valence-electron chi connectivity index (χ3n) is 2.16. The van der Waals surface area contributed by atoms with Gasteiger partial charge in [0.2, 0.25) is 5.88 Å². The van der Waals surface area contributed by atoms with Gasteiger partial charge in [0, 0.05) is 22.8 Å². The molecule has 0 aliphatic heterocycles. The number of halogens is 1. The quantitative estimate of drug-likeness (QED) is 0.776. The maximum atomic E-state index is 11.2. The summed E-state index contributed by atoms with van der Waals surface area (Å²) in [6.45, 7) is 1.50. The molecule has 0 bridgehead atoms. The van der Waals surface area contributed by atoms with Crippen LogP contribution in [0.3, 0.4) is 0 Å². The summed E-state index contributed by atoms with van der Waals surface area (Å²) in [6, 6.07) is 10.2. The van der Waals surface area contributed by atoms with Gasteiger partial charge < -0.3 is 4.74 Å². The third kappa shape index (κ3) is 3.04. The number of nitrogens with zero attached hydrogens (tertiary/aromatic N) is 1. The summed E-state index contributed by atoms with van der Waals surface area (Å²) < 4.78 is 5.50. The molecule has 2 aromatic rings. The summed E-state index contributed by atoms with van der Waals surface area (Å²) in [7, 11) is 0. The predicted octanol–water partition coefficient (Wildman–Crippen LogP) is 3.73. The van der Waals surface area contributed by atoms with Crippen LogP contribution in [0.25, 0.3) is 0 Å². The number of rotatable bonds is 3. The second-order valence-corrected chi connectivity index (χ2v) is 3.93. The van der Waals surface area contributed by atoms with Crippen molar-refractivity contribution >= 4 is 17.4 Å². The number of carbonyl (C=O) groups excluding carboxylic acids is 1. The van der Waals surface area contributed by atoms with Gasteiger partial charge in [0.25, 0.3) is 0 Å². The Hall–Kier alpha value is -1.87. The Balaban J connectivity index is 2.24. The fraction of sp³-hybridized carbons (Fsp3) is 0.0769. The van der Waals surface area contributed by atoms with Crippen molar-refractivity contribution in [3.8, 4) is 11.6 Å². The number of hydrogen-bond donors (Lipinski definition) is 0. The van der Waals surface area contributed by atoms with E-state index in [4.69, 9.17) is 16.3 Å². The maximum absolute atomic E-state index is 11.2. The Morgan fingerprint density at radius 3 is 2.82 bits per heavy atom. The van der Waals surface area contributed by atoms with Crippen LogP contribution < -0.4 is 4.74 Å². The molecule has 0 N–H and O–H groups in total. The number of pyridine rings is 1. The molecule has 17 heavy (non-hydrogen) atoms. The lowest BCUT2D eigenvalue weighted by molar-refractivity contribution is 0.101. The van der Waals surface area contributed by atoms with Gasteiger partial charge in [-0.3, -0.25) is 4.79 Å². The summed E-state index contributed by atoms with van der Waals surface area (Å²) in [5.41, 5.74) is 0.567. The van der Waals surface area contributed by atoms with Gasteiger partial charge in [0.05, 0.1) is 0 Å². The zero-order valence-corrected chi connectivity index (χ0v) is 9.94. The van der Waals surface area contributed by atoms with Gasteiger partial charge in [0.1, 0.15) is 5.75 Å². The van der Waals surface area contributed by atoms with Crippen LogP contribution in [0.2, 0.25) is 5.02 Å². The second-order valence-electron chi connectivity index (χ2n) is 3.50. The fourth-order valence-electron chi connectivity index (χ4n) is 1.34. The van der Waals surface area contributed by atoms with Crippen molar-refractivity contribution < 1.29 is 9.53 Å². The van der Waals surface area contributed by atoms with Gasteiger partial charge in [-0.2, -0.15) is 0 Å². The second kappa shape index (κ2) is 4.97. The molecule has 0 aliphatic rings. The highest BCUT2D eigenvalue weighted by atomic mass is 35.5. The number of carbonyl (C=O) groups is 1. The van der Waals surface area contributed by atoms with Crippen molar-refractivity contribution in [2.75, 3.05) is 0 Å². The van der Waals surface area contributed by atoms with Gasteiger partial charge in [-0.05, 0) is 31.2 Å². The number of ether oxygens (including phenoxy) is 1. The lowest BCUT2D eigenvalue weighted by Crippen LogP contribution is -1.94. The highest BCUT2D eigenvalue weighted by Gasteiger charge is 2.03. The highest BCUT2D eigenvalue weighted by molar-refractivity contribution is 6.30. The van der Waals surface area contributed by atoms with Gasteiger partial charge in [-0.15, -0.1) is 0 Å². The van der Waals surface area contributed by atoms with Gasteiger partial charge in [-0.1, -0.05) is 17.7 Å². The first kappa shape index (κ1) is 11.6. The lowest BCUT2D eigenvalue weighted by atomic mass is 10.2. The number of Topliss-reactive ketones (excluding diaryl/α,β-unsaturated/α-hetero) is 1. The minimum Gasteiger partial charge on any atom is -0.439 e. The minimum absolute atomic E-state index is 0.0247. The molecule has 3 nitrogen and oxygen atoms in total. The number of hydrogen-bond acceptors (Lipinski definition) is 3. The monoisotopic (exact) mass is 247 g/mol. The average molecular weight is 248 g/mol. The van der Waals surface area contributed by atoms with Crippen LogP contribution in [-0.4, -0.2) is 10.8 Å². The molecule has 86 valence electrons. The molecule has 2 rings (SSSR count). The summed E-state index contributed by atoms with van der Waals surface area (Å²) in [5, 5.41) is 0.588. The molecule has 4 heteroatoms. The summed E-state index contributed by atoms with van der Waals surface area (Å²) in [4.78, 5) is 15.2. The van der Waals surface area contributed by atoms with Gasteiger partial charge in [0.15, 0.2) is 5.78 Å². The molecule has 1 aromatic heterocycles. The SMILES string of the molecule is CC(=O)c1ccnc(Oc2cccc(Cl)c2)c1. The third-order valence-corrected chi connectivity index (χ3v) is 2.39. The molecule has 0 atom stereocenters. The standard InChI is InChI=1S/C13H10ClNO2/c1-9(16)10-5-6-15-13(7-10)17-12-4-2-3-11(14)8-12/h2-8H,1H3. The van der Waals surface area contributed by atoms with E-state index in [9.17, 15) is 4.79 Å². The molecule has 0 saturated heterocycles. The topological polar surface area (TPSA) is 39.2 Å². The predicted molar refractivity (Wildman–Crippen MR) is 65.8 cm³/mol. The Labute approximate surface area is 104 Å². The Bertz CT molecular complexity index is 555. The number of benzene rings is 1. The average Bonchev–Trinajstić information content (AvgIpc) is 2.29. The van der Waals surface area contributed by atoms with Crippen LogP contribution in [-0.2, 0) is 0 Å². The van der Waals surface area contributed by atoms with Crippen LogP contribution in [0.5, 0.6) is 11.6 Å². The summed E-state index contributed by atoms with van der Waals surface area (Å²) in [6.07, 6.45) is 1.54. The molecule has 0 fully saturated rings. The van der Waals surface area contributed by atoms with E-state index in [1.807, 2.05) is 0 Å². The molecule has 0 radical (unpaired) electrons. The van der Waals surface area contributed by atoms with Crippen molar-refractivity contribution in [3.63, 3.8) is 0 Å². The molecule has 0 unspecified atom stereocenters. The van der Waals surface area contributed by atoms with E-state index in [1.54, 1.807) is 36.4 Å². The minimum atomic E-state index is -0.0247. The zero-order valence-electron chi connectivity index (χ0n) is 9.18. The van der Waals surface area contributed by atoms with Crippen LogP contribution in [0.4, 0.5) is 0 Å². The number of aromatic nitrogens is 1. The van der Waals surface area contributed by atoms with Crippen LogP contribution in [0.1, 0.15) is 17.3 Å².